The molecule has 0 aliphatic heterocycles. The predicted molar refractivity (Wildman–Crippen MR) is 63.9 cm³/mol. The molecule has 2 rings (SSSR count). The van der Waals surface area contributed by atoms with E-state index in [-0.39, 0.29) is 5.69 Å². The summed E-state index contributed by atoms with van der Waals surface area (Å²) in [5, 5.41) is 10.8. The molecule has 1 heterocycles. The first-order valence-electron chi connectivity index (χ1n) is 3.85. The van der Waals surface area contributed by atoms with Crippen molar-refractivity contribution in [1.82, 2.24) is 9.97 Å². The Bertz CT molecular complexity index is 561. The van der Waals surface area contributed by atoms with Crippen LogP contribution in [0.3, 0.4) is 0 Å². The van der Waals surface area contributed by atoms with E-state index in [4.69, 9.17) is 11.6 Å². The van der Waals surface area contributed by atoms with Gasteiger partial charge in [0.1, 0.15) is 3.70 Å². The van der Waals surface area contributed by atoms with Crippen LogP contribution in [-0.2, 0) is 0 Å². The molecule has 0 unspecified atom stereocenters. The quantitative estimate of drug-likeness (QED) is 0.456. The fourth-order valence-corrected chi connectivity index (χ4v) is 1.63. The number of aromatic nitrogens is 2. The van der Waals surface area contributed by atoms with Crippen LogP contribution in [0.15, 0.2) is 18.2 Å². The summed E-state index contributed by atoms with van der Waals surface area (Å²) >= 11 is 7.70. The summed E-state index contributed by atoms with van der Waals surface area (Å²) < 4.78 is 0.530. The molecule has 7 heteroatoms. The summed E-state index contributed by atoms with van der Waals surface area (Å²) in [6.45, 7) is 0. The Hall–Kier alpha value is -1.02. The number of non-ortho nitro benzene ring substituents is 1. The van der Waals surface area contributed by atoms with E-state index in [9.17, 15) is 10.1 Å². The molecule has 0 aliphatic rings. The predicted octanol–water partition coefficient (Wildman–Crippen LogP) is 2.80. The average molecular weight is 335 g/mol. The molecule has 1 aromatic heterocycles. The number of fused-ring (bicyclic) bond motifs is 1. The van der Waals surface area contributed by atoms with Crippen LogP contribution < -0.4 is 0 Å². The van der Waals surface area contributed by atoms with Gasteiger partial charge in [-0.1, -0.05) is 11.6 Å². The summed E-state index contributed by atoms with van der Waals surface area (Å²) in [4.78, 5) is 18.2. The number of hydrogen-bond acceptors (Lipinski definition) is 4. The topological polar surface area (TPSA) is 68.9 Å². The molecule has 5 nitrogen and oxygen atoms in total. The van der Waals surface area contributed by atoms with Gasteiger partial charge >= 0.3 is 0 Å². The molecule has 0 radical (unpaired) electrons. The second kappa shape index (κ2) is 3.86. The number of rotatable bonds is 1. The Morgan fingerprint density at radius 2 is 2.07 bits per heavy atom. The molecule has 0 bridgehead atoms. The van der Waals surface area contributed by atoms with Crippen LogP contribution in [0.5, 0.6) is 0 Å². The normalized spacial score (nSPS) is 10.5. The molecule has 0 saturated carbocycles. The second-order valence-electron chi connectivity index (χ2n) is 2.74. The largest absolute Gasteiger partial charge is 0.271 e. The summed E-state index contributed by atoms with van der Waals surface area (Å²) in [6, 6.07) is 4.28. The molecule has 2 aromatic rings. The maximum atomic E-state index is 10.5. The molecule has 0 atom stereocenters. The molecule has 0 N–H and O–H groups in total. The van der Waals surface area contributed by atoms with Gasteiger partial charge in [0.15, 0.2) is 5.15 Å². The van der Waals surface area contributed by atoms with Crippen molar-refractivity contribution in [1.29, 1.82) is 0 Å². The molecule has 0 fully saturated rings. The number of nitro benzene ring substituents is 1. The zero-order valence-corrected chi connectivity index (χ0v) is 10.1. The fraction of sp³-hybridized carbons (Fsp3) is 0. The van der Waals surface area contributed by atoms with Crippen molar-refractivity contribution < 1.29 is 4.92 Å². The molecule has 0 saturated heterocycles. The van der Waals surface area contributed by atoms with E-state index in [1.54, 1.807) is 0 Å². The van der Waals surface area contributed by atoms with Crippen LogP contribution >= 0.6 is 34.2 Å². The highest BCUT2D eigenvalue weighted by molar-refractivity contribution is 14.1. The smallest absolute Gasteiger partial charge is 0.258 e. The van der Waals surface area contributed by atoms with E-state index in [1.165, 1.54) is 18.2 Å². The Balaban J connectivity index is 2.72. The highest BCUT2D eigenvalue weighted by Gasteiger charge is 2.09. The minimum Gasteiger partial charge on any atom is -0.258 e. The lowest BCUT2D eigenvalue weighted by atomic mass is 10.3. The molecular weight excluding hydrogens is 332 g/mol. The van der Waals surface area contributed by atoms with Crippen molar-refractivity contribution in [2.75, 3.05) is 0 Å². The third-order valence-corrected chi connectivity index (χ3v) is 3.11. The lowest BCUT2D eigenvalue weighted by molar-refractivity contribution is -0.384. The average Bonchev–Trinajstić information content (AvgIpc) is 2.19. The maximum Gasteiger partial charge on any atom is 0.271 e. The Morgan fingerprint density at radius 1 is 1.33 bits per heavy atom. The SMILES string of the molecule is O=[N+]([O-])c1ccc2nc(Cl)c(I)nc2c1. The molecule has 1 aromatic carbocycles. The molecular formula is C8H3ClIN3O2. The van der Waals surface area contributed by atoms with Gasteiger partial charge in [-0.05, 0) is 28.7 Å². The van der Waals surface area contributed by atoms with Crippen LogP contribution in [0.25, 0.3) is 11.0 Å². The molecule has 76 valence electrons. The summed E-state index contributed by atoms with van der Waals surface area (Å²) in [6.07, 6.45) is 0. The number of nitrogens with zero attached hydrogens (tertiary/aromatic N) is 3. The van der Waals surface area contributed by atoms with Gasteiger partial charge in [0, 0.05) is 12.1 Å². The minimum absolute atomic E-state index is 0.00470. The van der Waals surface area contributed by atoms with Crippen molar-refractivity contribution in [2.45, 2.75) is 0 Å². The van der Waals surface area contributed by atoms with Crippen molar-refractivity contribution in [2.24, 2.45) is 0 Å². The highest BCUT2D eigenvalue weighted by atomic mass is 127. The second-order valence-corrected chi connectivity index (χ2v) is 4.12. The van der Waals surface area contributed by atoms with Crippen LogP contribution in [0.4, 0.5) is 5.69 Å². The van der Waals surface area contributed by atoms with Crippen molar-refractivity contribution in [3.05, 3.63) is 37.2 Å². The first-order valence-corrected chi connectivity index (χ1v) is 5.31. The van der Waals surface area contributed by atoms with Gasteiger partial charge in [0.25, 0.3) is 5.69 Å². The zero-order valence-electron chi connectivity index (χ0n) is 7.15. The van der Waals surface area contributed by atoms with Gasteiger partial charge in [-0.3, -0.25) is 10.1 Å². The molecule has 15 heavy (non-hydrogen) atoms. The van der Waals surface area contributed by atoms with E-state index >= 15 is 0 Å². The lowest BCUT2D eigenvalue weighted by Gasteiger charge is -1.99. The third kappa shape index (κ3) is 2.00. The third-order valence-electron chi connectivity index (χ3n) is 1.78. The summed E-state index contributed by atoms with van der Waals surface area (Å²) in [5.41, 5.74) is 1.01. The van der Waals surface area contributed by atoms with E-state index < -0.39 is 4.92 Å². The fourth-order valence-electron chi connectivity index (χ4n) is 1.11. The van der Waals surface area contributed by atoms with Crippen molar-refractivity contribution in [3.8, 4) is 0 Å². The Labute approximate surface area is 103 Å². The maximum absolute atomic E-state index is 10.5. The molecule has 0 amide bonds. The van der Waals surface area contributed by atoms with E-state index in [0.29, 0.717) is 19.9 Å². The van der Waals surface area contributed by atoms with Gasteiger partial charge in [0.05, 0.1) is 16.0 Å². The number of nitro groups is 1. The Morgan fingerprint density at radius 3 is 2.73 bits per heavy atom. The standard InChI is InChI=1S/C8H3ClIN3O2/c9-7-8(10)12-6-3-4(13(14)15)1-2-5(6)11-7/h1-3H. The Kier molecular flexibility index (Phi) is 2.70. The lowest BCUT2D eigenvalue weighted by Crippen LogP contribution is -1.92. The zero-order chi connectivity index (χ0) is 11.0. The first kappa shape index (κ1) is 10.5. The van der Waals surface area contributed by atoms with E-state index in [1.807, 2.05) is 22.6 Å². The van der Waals surface area contributed by atoms with Crippen molar-refractivity contribution in [3.63, 3.8) is 0 Å². The first-order chi connectivity index (χ1) is 7.08. The number of benzene rings is 1. The molecule has 0 aliphatic carbocycles. The van der Waals surface area contributed by atoms with Gasteiger partial charge in [-0.2, -0.15) is 0 Å². The van der Waals surface area contributed by atoms with Gasteiger partial charge in [0.2, 0.25) is 0 Å². The highest BCUT2D eigenvalue weighted by Crippen LogP contribution is 2.22. The van der Waals surface area contributed by atoms with Gasteiger partial charge in [-0.15, -0.1) is 0 Å². The number of hydrogen-bond donors (Lipinski definition) is 0. The van der Waals surface area contributed by atoms with E-state index in [0.717, 1.165) is 0 Å². The summed E-state index contributed by atoms with van der Waals surface area (Å²) in [5.74, 6) is 0. The van der Waals surface area contributed by atoms with Gasteiger partial charge < -0.3 is 0 Å². The van der Waals surface area contributed by atoms with Crippen molar-refractivity contribution >= 4 is 50.9 Å². The van der Waals surface area contributed by atoms with E-state index in [2.05, 4.69) is 9.97 Å². The molecule has 0 spiro atoms. The van der Waals surface area contributed by atoms with Crippen LogP contribution in [-0.4, -0.2) is 14.9 Å². The van der Waals surface area contributed by atoms with Crippen LogP contribution in [0.2, 0.25) is 5.15 Å². The monoisotopic (exact) mass is 335 g/mol. The summed E-state index contributed by atoms with van der Waals surface area (Å²) in [7, 11) is 0. The van der Waals surface area contributed by atoms with Crippen LogP contribution in [0, 0.1) is 13.8 Å². The number of halogens is 2. The minimum atomic E-state index is -0.470. The van der Waals surface area contributed by atoms with Crippen LogP contribution in [0.1, 0.15) is 0 Å². The van der Waals surface area contributed by atoms with Gasteiger partial charge in [-0.25, -0.2) is 9.97 Å².